The highest BCUT2D eigenvalue weighted by molar-refractivity contribution is 7.98. The average Bonchev–Trinajstić information content (AvgIpc) is 1.41. The van der Waals surface area contributed by atoms with E-state index in [2.05, 4.69) is 11.1 Å². The first-order valence-corrected chi connectivity index (χ1v) is 2.44. The molecule has 0 heterocycles. The predicted molar refractivity (Wildman–Crippen MR) is 27.7 cm³/mol. The Morgan fingerprint density at radius 3 is 2.60 bits per heavy atom. The summed E-state index contributed by atoms with van der Waals surface area (Å²) in [5.74, 6) is 1.03. The SMILES string of the molecule is C=NSCC. The van der Waals surface area contributed by atoms with Crippen molar-refractivity contribution in [1.29, 1.82) is 0 Å². The highest BCUT2D eigenvalue weighted by Crippen LogP contribution is 1.94. The predicted octanol–water partition coefficient (Wildman–Crippen LogP) is 1.36. The summed E-state index contributed by atoms with van der Waals surface area (Å²) in [5, 5.41) is 0. The molecule has 30 valence electrons. The Hall–Kier alpha value is 0.0200. The molecular formula is C3H7NS. The molecule has 0 aliphatic carbocycles. The second-order valence-electron chi connectivity index (χ2n) is 0.547. The molecule has 0 unspecified atom stereocenters. The van der Waals surface area contributed by atoms with Gasteiger partial charge in [0.15, 0.2) is 0 Å². The van der Waals surface area contributed by atoms with Gasteiger partial charge >= 0.3 is 0 Å². The lowest BCUT2D eigenvalue weighted by atomic mass is 11.0. The minimum Gasteiger partial charge on any atom is -0.232 e. The Kier molecular flexibility index (Phi) is 4.04. The topological polar surface area (TPSA) is 12.4 Å². The molecule has 0 bridgehead atoms. The standard InChI is InChI=1S/C3H7NS/c1-3-5-4-2/h2-3H2,1H3. The summed E-state index contributed by atoms with van der Waals surface area (Å²) in [4.78, 5) is 0. The molecule has 0 saturated carbocycles. The van der Waals surface area contributed by atoms with Gasteiger partial charge in [-0.2, -0.15) is 0 Å². The van der Waals surface area contributed by atoms with Crippen molar-refractivity contribution in [3.05, 3.63) is 0 Å². The molecule has 0 saturated heterocycles. The van der Waals surface area contributed by atoms with Gasteiger partial charge in [-0.1, -0.05) is 6.92 Å². The first kappa shape index (κ1) is 5.02. The van der Waals surface area contributed by atoms with Gasteiger partial charge < -0.3 is 0 Å². The molecule has 0 aromatic rings. The Balaban J connectivity index is 2.40. The first-order chi connectivity index (χ1) is 2.41. The van der Waals surface area contributed by atoms with Gasteiger partial charge in [0, 0.05) is 5.75 Å². The van der Waals surface area contributed by atoms with Crippen molar-refractivity contribution >= 4 is 18.7 Å². The third kappa shape index (κ3) is 4.02. The third-order valence-electron chi connectivity index (χ3n) is 0.220. The second kappa shape index (κ2) is 4.02. The van der Waals surface area contributed by atoms with Crippen LogP contribution in [0.5, 0.6) is 0 Å². The number of hydrogen-bond acceptors (Lipinski definition) is 2. The summed E-state index contributed by atoms with van der Waals surface area (Å²) in [7, 11) is 0. The fourth-order valence-electron chi connectivity index (χ4n) is 0.0913. The summed E-state index contributed by atoms with van der Waals surface area (Å²) >= 11 is 1.48. The van der Waals surface area contributed by atoms with Crippen LogP contribution in [0.2, 0.25) is 0 Å². The summed E-state index contributed by atoms with van der Waals surface area (Å²) in [6.45, 7) is 5.30. The summed E-state index contributed by atoms with van der Waals surface area (Å²) in [6, 6.07) is 0. The Morgan fingerprint density at radius 1 is 2.00 bits per heavy atom. The molecule has 0 amide bonds. The molecular weight excluding hydrogens is 82.1 g/mol. The van der Waals surface area contributed by atoms with Gasteiger partial charge in [0.05, 0.1) is 0 Å². The monoisotopic (exact) mass is 89.0 g/mol. The molecule has 0 atom stereocenters. The van der Waals surface area contributed by atoms with Gasteiger partial charge in [-0.3, -0.25) is 0 Å². The van der Waals surface area contributed by atoms with Crippen LogP contribution in [0.3, 0.4) is 0 Å². The summed E-state index contributed by atoms with van der Waals surface area (Å²) in [6.07, 6.45) is 0. The van der Waals surface area contributed by atoms with Crippen molar-refractivity contribution in [1.82, 2.24) is 0 Å². The van der Waals surface area contributed by atoms with E-state index in [0.717, 1.165) is 5.75 Å². The van der Waals surface area contributed by atoms with Crippen LogP contribution in [0.1, 0.15) is 6.92 Å². The lowest BCUT2D eigenvalue weighted by Gasteiger charge is -1.73. The Bertz CT molecular complexity index is 28.1. The molecule has 0 fully saturated rings. The minimum atomic E-state index is 1.03. The van der Waals surface area contributed by atoms with Gasteiger partial charge in [-0.15, -0.1) is 0 Å². The number of nitrogens with zero attached hydrogens (tertiary/aromatic N) is 1. The smallest absolute Gasteiger partial charge is 0.0124 e. The van der Waals surface area contributed by atoms with Gasteiger partial charge in [-0.05, 0) is 18.7 Å². The maximum absolute atomic E-state index is 3.52. The van der Waals surface area contributed by atoms with Crippen LogP contribution in [-0.2, 0) is 0 Å². The van der Waals surface area contributed by atoms with E-state index in [4.69, 9.17) is 0 Å². The molecule has 0 aromatic heterocycles. The van der Waals surface area contributed by atoms with Gasteiger partial charge in [-0.25, -0.2) is 4.40 Å². The highest BCUT2D eigenvalue weighted by Gasteiger charge is 1.62. The maximum atomic E-state index is 3.52. The highest BCUT2D eigenvalue weighted by atomic mass is 32.2. The fraction of sp³-hybridized carbons (Fsp3) is 0.667. The van der Waals surface area contributed by atoms with Crippen molar-refractivity contribution in [2.45, 2.75) is 6.92 Å². The van der Waals surface area contributed by atoms with Crippen molar-refractivity contribution in [2.24, 2.45) is 4.40 Å². The zero-order valence-electron chi connectivity index (χ0n) is 3.27. The van der Waals surface area contributed by atoms with E-state index in [9.17, 15) is 0 Å². The Labute approximate surface area is 36.6 Å². The van der Waals surface area contributed by atoms with Crippen molar-refractivity contribution < 1.29 is 0 Å². The molecule has 5 heavy (non-hydrogen) atoms. The van der Waals surface area contributed by atoms with Crippen LogP contribution in [0, 0.1) is 0 Å². The van der Waals surface area contributed by atoms with E-state index < -0.39 is 0 Å². The largest absolute Gasteiger partial charge is 0.232 e. The van der Waals surface area contributed by atoms with Crippen molar-refractivity contribution in [3.63, 3.8) is 0 Å². The number of hydrogen-bond donors (Lipinski definition) is 0. The zero-order valence-corrected chi connectivity index (χ0v) is 4.09. The van der Waals surface area contributed by atoms with Crippen LogP contribution < -0.4 is 0 Å². The van der Waals surface area contributed by atoms with E-state index in [1.54, 1.807) is 0 Å². The molecule has 0 N–H and O–H groups in total. The van der Waals surface area contributed by atoms with E-state index in [1.807, 2.05) is 6.92 Å². The normalized spacial score (nSPS) is 7.40. The van der Waals surface area contributed by atoms with Crippen molar-refractivity contribution in [3.8, 4) is 0 Å². The van der Waals surface area contributed by atoms with Crippen molar-refractivity contribution in [2.75, 3.05) is 5.75 Å². The third-order valence-corrected chi connectivity index (χ3v) is 0.661. The molecule has 0 rings (SSSR count). The van der Waals surface area contributed by atoms with E-state index in [0.29, 0.717) is 0 Å². The van der Waals surface area contributed by atoms with Crippen LogP contribution in [0.15, 0.2) is 4.40 Å². The molecule has 1 nitrogen and oxygen atoms in total. The molecule has 0 aliphatic heterocycles. The quantitative estimate of drug-likeness (QED) is 0.367. The van der Waals surface area contributed by atoms with E-state index >= 15 is 0 Å². The molecule has 0 spiro atoms. The van der Waals surface area contributed by atoms with Crippen LogP contribution in [0.4, 0.5) is 0 Å². The van der Waals surface area contributed by atoms with Gasteiger partial charge in [0.1, 0.15) is 0 Å². The molecule has 2 heteroatoms. The van der Waals surface area contributed by atoms with E-state index in [1.165, 1.54) is 11.9 Å². The Morgan fingerprint density at radius 2 is 2.60 bits per heavy atom. The summed E-state index contributed by atoms with van der Waals surface area (Å²) in [5.41, 5.74) is 0. The van der Waals surface area contributed by atoms with Crippen LogP contribution in [0.25, 0.3) is 0 Å². The zero-order chi connectivity index (χ0) is 4.12. The summed E-state index contributed by atoms with van der Waals surface area (Å²) < 4.78 is 3.52. The first-order valence-electron chi connectivity index (χ1n) is 1.49. The minimum absolute atomic E-state index is 1.03. The lowest BCUT2D eigenvalue weighted by Crippen LogP contribution is -1.52. The van der Waals surface area contributed by atoms with Crippen LogP contribution in [-0.4, -0.2) is 12.5 Å². The molecule has 0 aliphatic rings. The van der Waals surface area contributed by atoms with Gasteiger partial charge in [0.25, 0.3) is 0 Å². The van der Waals surface area contributed by atoms with Gasteiger partial charge in [0.2, 0.25) is 0 Å². The fourth-order valence-corrected chi connectivity index (χ4v) is 0.274. The number of rotatable bonds is 2. The second-order valence-corrected chi connectivity index (χ2v) is 1.64. The maximum Gasteiger partial charge on any atom is 0.0124 e. The lowest BCUT2D eigenvalue weighted by molar-refractivity contribution is 1.52. The van der Waals surface area contributed by atoms with Crippen LogP contribution >= 0.6 is 11.9 Å². The molecule has 0 aromatic carbocycles. The average molecular weight is 89.2 g/mol. The molecule has 0 radical (unpaired) electrons. The van der Waals surface area contributed by atoms with E-state index in [-0.39, 0.29) is 0 Å².